The normalized spacial score (nSPS) is 15.7. The van der Waals surface area contributed by atoms with Gasteiger partial charge in [0.25, 0.3) is 17.4 Å². The van der Waals surface area contributed by atoms with E-state index < -0.39 is 17.1 Å². The fourth-order valence-electron chi connectivity index (χ4n) is 3.97. The van der Waals surface area contributed by atoms with E-state index in [-0.39, 0.29) is 35.8 Å². The molecule has 1 saturated heterocycles. The Balaban J connectivity index is 1.59. The van der Waals surface area contributed by atoms with E-state index >= 15 is 0 Å². The first-order valence-corrected chi connectivity index (χ1v) is 12.5. The Morgan fingerprint density at radius 2 is 1.86 bits per heavy atom. The maximum Gasteiger partial charge on any atom is 0.410 e. The van der Waals surface area contributed by atoms with Gasteiger partial charge in [-0.25, -0.2) is 4.79 Å². The summed E-state index contributed by atoms with van der Waals surface area (Å²) in [7, 11) is 1.44. The Labute approximate surface area is 216 Å². The summed E-state index contributed by atoms with van der Waals surface area (Å²) in [5, 5.41) is 5.31. The molecule has 2 N–H and O–H groups in total. The summed E-state index contributed by atoms with van der Waals surface area (Å²) in [6, 6.07) is 10.7. The summed E-state index contributed by atoms with van der Waals surface area (Å²) in [6.07, 6.45) is 2.25. The van der Waals surface area contributed by atoms with Crippen molar-refractivity contribution in [2.75, 3.05) is 33.3 Å². The fourth-order valence-corrected chi connectivity index (χ4v) is 3.97. The molecule has 3 rings (SSSR count). The van der Waals surface area contributed by atoms with Crippen LogP contribution in [0.2, 0.25) is 0 Å². The van der Waals surface area contributed by atoms with Gasteiger partial charge in [-0.1, -0.05) is 30.3 Å². The predicted molar refractivity (Wildman–Crippen MR) is 139 cm³/mol. The monoisotopic (exact) mass is 512 g/mol. The highest BCUT2D eigenvalue weighted by molar-refractivity contribution is 5.99. The third kappa shape index (κ3) is 8.18. The highest BCUT2D eigenvalue weighted by Crippen LogP contribution is 2.15. The van der Waals surface area contributed by atoms with Gasteiger partial charge in [-0.2, -0.15) is 0 Å². The van der Waals surface area contributed by atoms with Crippen LogP contribution in [0.4, 0.5) is 4.79 Å². The van der Waals surface area contributed by atoms with E-state index in [4.69, 9.17) is 9.47 Å². The van der Waals surface area contributed by atoms with Crippen LogP contribution in [0.3, 0.4) is 0 Å². The maximum atomic E-state index is 12.9. The molecular weight excluding hydrogens is 476 g/mol. The number of hydrogen-bond acceptors (Lipinski definition) is 6. The average Bonchev–Trinajstić information content (AvgIpc) is 2.87. The van der Waals surface area contributed by atoms with Crippen molar-refractivity contribution in [3.63, 3.8) is 0 Å². The molecule has 10 heteroatoms. The van der Waals surface area contributed by atoms with E-state index in [0.29, 0.717) is 39.1 Å². The summed E-state index contributed by atoms with van der Waals surface area (Å²) in [5.74, 6) is -0.933. The average molecular weight is 513 g/mol. The second kappa shape index (κ2) is 12.5. The molecule has 0 aliphatic carbocycles. The van der Waals surface area contributed by atoms with Gasteiger partial charge < -0.3 is 29.6 Å². The first kappa shape index (κ1) is 27.9. The molecule has 1 aromatic carbocycles. The van der Waals surface area contributed by atoms with Crippen molar-refractivity contribution in [1.82, 2.24) is 20.1 Å². The molecular formula is C27H36N4O6. The summed E-state index contributed by atoms with van der Waals surface area (Å²) < 4.78 is 12.6. The molecule has 200 valence electrons. The van der Waals surface area contributed by atoms with Gasteiger partial charge in [-0.3, -0.25) is 14.4 Å². The first-order valence-electron chi connectivity index (χ1n) is 12.5. The molecule has 0 saturated carbocycles. The van der Waals surface area contributed by atoms with Crippen LogP contribution in [-0.4, -0.2) is 72.4 Å². The lowest BCUT2D eigenvalue weighted by atomic mass is 10.1. The summed E-state index contributed by atoms with van der Waals surface area (Å²) >= 11 is 0. The molecule has 2 heterocycles. The molecule has 1 unspecified atom stereocenters. The lowest BCUT2D eigenvalue weighted by molar-refractivity contribution is -0.0449. The lowest BCUT2D eigenvalue weighted by Crippen LogP contribution is -2.47. The number of aromatic nitrogens is 1. The Hall–Kier alpha value is -3.66. The van der Waals surface area contributed by atoms with Gasteiger partial charge in [0.2, 0.25) is 0 Å². The lowest BCUT2D eigenvalue weighted by Gasteiger charge is -2.34. The van der Waals surface area contributed by atoms with Gasteiger partial charge in [0.05, 0.1) is 31.4 Å². The molecule has 37 heavy (non-hydrogen) atoms. The minimum atomic E-state index is -0.559. The van der Waals surface area contributed by atoms with Crippen LogP contribution < -0.4 is 16.2 Å². The fraction of sp³-hybridized carbons (Fsp3) is 0.481. The van der Waals surface area contributed by atoms with Gasteiger partial charge >= 0.3 is 6.09 Å². The van der Waals surface area contributed by atoms with E-state index in [1.165, 1.54) is 23.9 Å². The topological polar surface area (TPSA) is 119 Å². The van der Waals surface area contributed by atoms with Crippen LogP contribution >= 0.6 is 0 Å². The van der Waals surface area contributed by atoms with Crippen molar-refractivity contribution in [2.24, 2.45) is 0 Å². The zero-order valence-corrected chi connectivity index (χ0v) is 21.9. The van der Waals surface area contributed by atoms with Crippen molar-refractivity contribution in [3.8, 4) is 0 Å². The van der Waals surface area contributed by atoms with Crippen LogP contribution in [0.15, 0.2) is 47.4 Å². The number of benzene rings is 1. The van der Waals surface area contributed by atoms with Crippen molar-refractivity contribution >= 4 is 17.9 Å². The molecule has 0 spiro atoms. The molecule has 1 aliphatic rings. The number of pyridine rings is 1. The molecule has 10 nitrogen and oxygen atoms in total. The van der Waals surface area contributed by atoms with Crippen LogP contribution in [0, 0.1) is 0 Å². The molecule has 1 atom stereocenters. The number of rotatable bonds is 8. The smallest absolute Gasteiger partial charge is 0.410 e. The number of morpholine rings is 1. The number of amides is 3. The van der Waals surface area contributed by atoms with E-state index in [0.717, 1.165) is 5.56 Å². The van der Waals surface area contributed by atoms with Crippen LogP contribution in [0.25, 0.3) is 0 Å². The van der Waals surface area contributed by atoms with Crippen molar-refractivity contribution < 1.29 is 23.9 Å². The standard InChI is InChI=1S/C27H36N4O6/c1-27(2,3)37-26(35)30-13-14-36-21(18-30)11-8-12-29-23(32)20-15-22(24(33)28-4)25(34)31(17-20)16-19-9-6-5-7-10-19/h5-7,9-10,15,17,21H,8,11-14,16,18H2,1-4H3,(H,28,33)(H,29,32). The Morgan fingerprint density at radius 1 is 1.14 bits per heavy atom. The van der Waals surface area contributed by atoms with E-state index in [1.807, 2.05) is 51.1 Å². The van der Waals surface area contributed by atoms with E-state index in [1.54, 1.807) is 4.90 Å². The largest absolute Gasteiger partial charge is 0.444 e. The second-order valence-electron chi connectivity index (χ2n) is 9.96. The van der Waals surface area contributed by atoms with Gasteiger partial charge in [0.15, 0.2) is 0 Å². The molecule has 3 amide bonds. The SMILES string of the molecule is CNC(=O)c1cc(C(=O)NCCCC2CN(C(=O)OC(C)(C)C)CCO2)cn(Cc2ccccc2)c1=O. The number of hydrogen-bond donors (Lipinski definition) is 2. The van der Waals surface area contributed by atoms with E-state index in [9.17, 15) is 19.2 Å². The Morgan fingerprint density at radius 3 is 2.54 bits per heavy atom. The zero-order chi connectivity index (χ0) is 27.0. The quantitative estimate of drug-likeness (QED) is 0.525. The predicted octanol–water partition coefficient (Wildman–Crippen LogP) is 2.40. The summed E-state index contributed by atoms with van der Waals surface area (Å²) in [4.78, 5) is 52.0. The third-order valence-corrected chi connectivity index (χ3v) is 5.79. The molecule has 1 aromatic heterocycles. The van der Waals surface area contributed by atoms with Crippen molar-refractivity contribution in [1.29, 1.82) is 0 Å². The third-order valence-electron chi connectivity index (χ3n) is 5.79. The zero-order valence-electron chi connectivity index (χ0n) is 21.9. The second-order valence-corrected chi connectivity index (χ2v) is 9.96. The molecule has 0 bridgehead atoms. The highest BCUT2D eigenvalue weighted by atomic mass is 16.6. The minimum absolute atomic E-state index is 0.0936. The van der Waals surface area contributed by atoms with Gasteiger partial charge in [0.1, 0.15) is 11.2 Å². The summed E-state index contributed by atoms with van der Waals surface area (Å²) in [5.41, 5.74) is -0.0270. The minimum Gasteiger partial charge on any atom is -0.444 e. The van der Waals surface area contributed by atoms with Crippen LogP contribution in [-0.2, 0) is 16.0 Å². The van der Waals surface area contributed by atoms with Gasteiger partial charge in [0, 0.05) is 26.3 Å². The number of nitrogens with zero attached hydrogens (tertiary/aromatic N) is 2. The van der Waals surface area contributed by atoms with Gasteiger partial charge in [-0.15, -0.1) is 0 Å². The van der Waals surface area contributed by atoms with Crippen LogP contribution in [0.5, 0.6) is 0 Å². The number of ether oxygens (including phenoxy) is 2. The molecule has 1 fully saturated rings. The van der Waals surface area contributed by atoms with E-state index in [2.05, 4.69) is 10.6 Å². The number of carbonyl (C=O) groups excluding carboxylic acids is 3. The van der Waals surface area contributed by atoms with Crippen LogP contribution in [0.1, 0.15) is 59.9 Å². The van der Waals surface area contributed by atoms with Crippen molar-refractivity contribution in [2.45, 2.75) is 51.9 Å². The maximum absolute atomic E-state index is 12.9. The Kier molecular flexibility index (Phi) is 9.46. The number of nitrogens with one attached hydrogen (secondary N) is 2. The summed E-state index contributed by atoms with van der Waals surface area (Å²) in [6.45, 7) is 7.44. The van der Waals surface area contributed by atoms with Crippen molar-refractivity contribution in [3.05, 3.63) is 69.6 Å². The molecule has 1 aliphatic heterocycles. The highest BCUT2D eigenvalue weighted by Gasteiger charge is 2.28. The Bertz CT molecular complexity index is 1160. The molecule has 0 radical (unpaired) electrons. The molecule has 2 aromatic rings. The van der Waals surface area contributed by atoms with Gasteiger partial charge in [-0.05, 0) is 45.2 Å². The number of carbonyl (C=O) groups is 3. The first-order chi connectivity index (χ1) is 17.6.